The van der Waals surface area contributed by atoms with Gasteiger partial charge in [0.05, 0.1) is 11.2 Å². The van der Waals surface area contributed by atoms with Gasteiger partial charge in [-0.3, -0.25) is 9.59 Å². The molecule has 3 rings (SSSR count). The maximum atomic E-state index is 12.1. The summed E-state index contributed by atoms with van der Waals surface area (Å²) in [5, 5.41) is 3.04. The Kier molecular flexibility index (Phi) is 3.14. The molecule has 1 aromatic rings. The second kappa shape index (κ2) is 4.81. The van der Waals surface area contributed by atoms with Gasteiger partial charge in [0.2, 0.25) is 5.56 Å². The van der Waals surface area contributed by atoms with E-state index in [1.165, 1.54) is 18.7 Å². The fourth-order valence-corrected chi connectivity index (χ4v) is 2.89. The molecule has 2 heterocycles. The van der Waals surface area contributed by atoms with Crippen LogP contribution in [0.3, 0.4) is 0 Å². The lowest BCUT2D eigenvalue weighted by Crippen LogP contribution is -2.52. The molecular weight excluding hydrogens is 244 g/mol. The zero-order chi connectivity index (χ0) is 13.3. The molecule has 1 saturated heterocycles. The van der Waals surface area contributed by atoms with Crippen molar-refractivity contribution in [3.8, 4) is 0 Å². The summed E-state index contributed by atoms with van der Waals surface area (Å²) >= 11 is 0. The first-order valence-corrected chi connectivity index (χ1v) is 6.80. The first kappa shape index (κ1) is 12.4. The molecule has 0 radical (unpaired) electrons. The third-order valence-corrected chi connectivity index (χ3v) is 4.14. The van der Waals surface area contributed by atoms with E-state index in [4.69, 9.17) is 4.74 Å². The first-order chi connectivity index (χ1) is 9.17. The highest BCUT2D eigenvalue weighted by molar-refractivity contribution is 5.94. The van der Waals surface area contributed by atoms with Crippen molar-refractivity contribution in [2.75, 3.05) is 6.61 Å². The number of rotatable bonds is 2. The number of amides is 1. The van der Waals surface area contributed by atoms with E-state index in [1.54, 1.807) is 6.07 Å². The molecule has 1 unspecified atom stereocenters. The second-order valence-electron chi connectivity index (χ2n) is 5.49. The van der Waals surface area contributed by atoms with Crippen LogP contribution in [-0.2, 0) is 4.74 Å². The van der Waals surface area contributed by atoms with Crippen LogP contribution >= 0.6 is 0 Å². The maximum Gasteiger partial charge on any atom is 0.252 e. The molecule has 0 bridgehead atoms. The predicted octanol–water partition coefficient (Wildman–Crippen LogP) is 1.21. The van der Waals surface area contributed by atoms with Gasteiger partial charge in [-0.1, -0.05) is 0 Å². The van der Waals surface area contributed by atoms with E-state index in [0.29, 0.717) is 5.56 Å². The molecule has 2 aliphatic rings. The zero-order valence-electron chi connectivity index (χ0n) is 10.8. The molecule has 0 aromatic carbocycles. The third-order valence-electron chi connectivity index (χ3n) is 4.14. The first-order valence-electron chi connectivity index (χ1n) is 6.80. The van der Waals surface area contributed by atoms with Crippen LogP contribution in [0.2, 0.25) is 0 Å². The summed E-state index contributed by atoms with van der Waals surface area (Å²) < 4.78 is 5.84. The van der Waals surface area contributed by atoms with E-state index in [2.05, 4.69) is 10.3 Å². The number of pyridine rings is 1. The minimum atomic E-state index is -0.198. The average Bonchev–Trinajstić information content (AvgIpc) is 2.38. The minimum Gasteiger partial charge on any atom is -0.375 e. The number of H-pyrrole nitrogens is 1. The van der Waals surface area contributed by atoms with Gasteiger partial charge >= 0.3 is 0 Å². The lowest BCUT2D eigenvalue weighted by Gasteiger charge is -2.47. The summed E-state index contributed by atoms with van der Waals surface area (Å²) in [6, 6.07) is 3.09. The Morgan fingerprint density at radius 3 is 2.89 bits per heavy atom. The van der Waals surface area contributed by atoms with Crippen LogP contribution in [0.25, 0.3) is 0 Å². The number of carbonyl (C=O) groups is 1. The minimum absolute atomic E-state index is 0.0290. The molecule has 1 amide bonds. The topological polar surface area (TPSA) is 71.2 Å². The number of ether oxygens (including phenoxy) is 1. The smallest absolute Gasteiger partial charge is 0.252 e. The lowest BCUT2D eigenvalue weighted by atomic mass is 9.74. The highest BCUT2D eigenvalue weighted by atomic mass is 16.5. The molecule has 5 nitrogen and oxygen atoms in total. The van der Waals surface area contributed by atoms with Crippen LogP contribution in [0.1, 0.15) is 42.5 Å². The summed E-state index contributed by atoms with van der Waals surface area (Å²) in [6.45, 7) is 0.719. The standard InChI is InChI=1S/C14H18N2O3/c17-12-3-2-10(9-15-12)13(18)16-11-4-7-19-14(8-11)5-1-6-14/h2-3,9,11H,1,4-8H2,(H,15,17)(H,16,18). The molecule has 1 spiro atoms. The van der Waals surface area contributed by atoms with Crippen molar-refractivity contribution in [3.63, 3.8) is 0 Å². The molecule has 1 aliphatic heterocycles. The molecule has 1 atom stereocenters. The maximum absolute atomic E-state index is 12.1. The largest absolute Gasteiger partial charge is 0.375 e. The van der Waals surface area contributed by atoms with E-state index in [-0.39, 0.29) is 23.1 Å². The van der Waals surface area contributed by atoms with Gasteiger partial charge in [-0.05, 0) is 38.2 Å². The lowest BCUT2D eigenvalue weighted by molar-refractivity contribution is -0.134. The summed E-state index contributed by atoms with van der Waals surface area (Å²) in [7, 11) is 0. The van der Waals surface area contributed by atoms with Crippen LogP contribution in [0.5, 0.6) is 0 Å². The van der Waals surface area contributed by atoms with E-state index in [1.807, 2.05) is 0 Å². The number of aromatic amines is 1. The van der Waals surface area contributed by atoms with Crippen LogP contribution in [0.4, 0.5) is 0 Å². The van der Waals surface area contributed by atoms with Crippen molar-refractivity contribution in [2.24, 2.45) is 0 Å². The molecule has 102 valence electrons. The van der Waals surface area contributed by atoms with Gasteiger partial charge in [0.1, 0.15) is 0 Å². The van der Waals surface area contributed by atoms with Crippen molar-refractivity contribution >= 4 is 5.91 Å². The fraction of sp³-hybridized carbons (Fsp3) is 0.571. The predicted molar refractivity (Wildman–Crippen MR) is 70.1 cm³/mol. The molecule has 1 saturated carbocycles. The third kappa shape index (κ3) is 2.56. The van der Waals surface area contributed by atoms with Gasteiger partial charge in [-0.2, -0.15) is 0 Å². The van der Waals surface area contributed by atoms with Gasteiger partial charge in [-0.25, -0.2) is 0 Å². The van der Waals surface area contributed by atoms with Crippen LogP contribution in [0.15, 0.2) is 23.1 Å². The Morgan fingerprint density at radius 2 is 2.26 bits per heavy atom. The quantitative estimate of drug-likeness (QED) is 0.841. The molecule has 1 aliphatic carbocycles. The van der Waals surface area contributed by atoms with Crippen LogP contribution in [0, 0.1) is 0 Å². The Morgan fingerprint density at radius 1 is 1.42 bits per heavy atom. The van der Waals surface area contributed by atoms with E-state index in [0.717, 1.165) is 32.3 Å². The average molecular weight is 262 g/mol. The Bertz CT molecular complexity index is 513. The Hall–Kier alpha value is -1.62. The molecule has 1 aromatic heterocycles. The van der Waals surface area contributed by atoms with Crippen molar-refractivity contribution in [2.45, 2.75) is 43.7 Å². The summed E-state index contributed by atoms with van der Waals surface area (Å²) in [4.78, 5) is 25.5. The van der Waals surface area contributed by atoms with E-state index < -0.39 is 0 Å². The highest BCUT2D eigenvalue weighted by Crippen LogP contribution is 2.42. The monoisotopic (exact) mass is 262 g/mol. The molecule has 2 N–H and O–H groups in total. The van der Waals surface area contributed by atoms with Gasteiger partial charge in [-0.15, -0.1) is 0 Å². The van der Waals surface area contributed by atoms with Gasteiger partial charge < -0.3 is 15.0 Å². The summed E-state index contributed by atoms with van der Waals surface area (Å²) in [5.41, 5.74) is 0.325. The Balaban J connectivity index is 1.62. The fourth-order valence-electron chi connectivity index (χ4n) is 2.89. The normalized spacial score (nSPS) is 24.7. The second-order valence-corrected chi connectivity index (χ2v) is 5.49. The van der Waals surface area contributed by atoms with Crippen molar-refractivity contribution < 1.29 is 9.53 Å². The SMILES string of the molecule is O=C(NC1CCOC2(CCC2)C1)c1ccc(=O)[nH]c1. The summed E-state index contributed by atoms with van der Waals surface area (Å²) in [6.07, 6.45) is 6.66. The number of hydrogen-bond donors (Lipinski definition) is 2. The molecular formula is C14H18N2O3. The molecule has 19 heavy (non-hydrogen) atoms. The van der Waals surface area contributed by atoms with E-state index >= 15 is 0 Å². The van der Waals surface area contributed by atoms with Gasteiger partial charge in [0.15, 0.2) is 0 Å². The zero-order valence-corrected chi connectivity index (χ0v) is 10.8. The van der Waals surface area contributed by atoms with Crippen molar-refractivity contribution in [1.82, 2.24) is 10.3 Å². The number of aromatic nitrogens is 1. The molecule has 5 heteroatoms. The van der Waals surface area contributed by atoms with Crippen LogP contribution < -0.4 is 10.9 Å². The van der Waals surface area contributed by atoms with Gasteiger partial charge in [0.25, 0.3) is 5.91 Å². The van der Waals surface area contributed by atoms with Crippen molar-refractivity contribution in [1.29, 1.82) is 0 Å². The highest BCUT2D eigenvalue weighted by Gasteiger charge is 2.42. The summed E-state index contributed by atoms with van der Waals surface area (Å²) in [5.74, 6) is -0.127. The van der Waals surface area contributed by atoms with E-state index in [9.17, 15) is 9.59 Å². The number of carbonyl (C=O) groups excluding carboxylic acids is 1. The van der Waals surface area contributed by atoms with Crippen LogP contribution in [-0.4, -0.2) is 29.1 Å². The number of hydrogen-bond acceptors (Lipinski definition) is 3. The Labute approximate surface area is 111 Å². The van der Waals surface area contributed by atoms with Gasteiger partial charge in [0, 0.05) is 24.9 Å². The van der Waals surface area contributed by atoms with Crippen molar-refractivity contribution in [3.05, 3.63) is 34.2 Å². The molecule has 2 fully saturated rings. The number of nitrogens with one attached hydrogen (secondary N) is 2.